The third-order valence-corrected chi connectivity index (χ3v) is 4.01. The number of hydrogen-bond donors (Lipinski definition) is 2. The summed E-state index contributed by atoms with van der Waals surface area (Å²) in [6, 6.07) is 10.4. The first-order chi connectivity index (χ1) is 11.1. The highest BCUT2D eigenvalue weighted by atomic mass is 16.4. The molecule has 1 aromatic carbocycles. The molecule has 0 aliphatic heterocycles. The predicted octanol–water partition coefficient (Wildman–Crippen LogP) is 3.24. The quantitative estimate of drug-likeness (QED) is 0.745. The Balaban J connectivity index is 1.74. The van der Waals surface area contributed by atoms with Crippen LogP contribution in [0.4, 0.5) is 0 Å². The SMILES string of the molecule is C[C@@H](CCC[C@H](C)C(=O)O)NCc1cnn(-c2ccccc2)c1. The van der Waals surface area contributed by atoms with Gasteiger partial charge >= 0.3 is 5.97 Å². The number of hydrogen-bond acceptors (Lipinski definition) is 3. The molecule has 23 heavy (non-hydrogen) atoms. The van der Waals surface area contributed by atoms with E-state index in [1.807, 2.05) is 47.4 Å². The molecular formula is C18H25N3O2. The van der Waals surface area contributed by atoms with Gasteiger partial charge in [0.05, 0.1) is 17.8 Å². The van der Waals surface area contributed by atoms with E-state index in [9.17, 15) is 4.79 Å². The molecule has 0 bridgehead atoms. The van der Waals surface area contributed by atoms with Gasteiger partial charge in [-0.05, 0) is 31.9 Å². The second kappa shape index (κ2) is 8.48. The standard InChI is InChI=1S/C18H25N3O2/c1-14(18(22)23)7-6-8-15(2)19-11-16-12-20-21(13-16)17-9-4-3-5-10-17/h3-5,9-10,12-15,19H,6-8,11H2,1-2H3,(H,22,23)/t14-,15-/m0/s1. The van der Waals surface area contributed by atoms with Gasteiger partial charge in [-0.1, -0.05) is 31.5 Å². The molecule has 2 N–H and O–H groups in total. The second-order valence-corrected chi connectivity index (χ2v) is 6.08. The van der Waals surface area contributed by atoms with E-state index in [4.69, 9.17) is 5.11 Å². The molecule has 0 amide bonds. The molecule has 0 saturated heterocycles. The Hall–Kier alpha value is -2.14. The smallest absolute Gasteiger partial charge is 0.306 e. The van der Waals surface area contributed by atoms with E-state index in [0.29, 0.717) is 6.04 Å². The van der Waals surface area contributed by atoms with E-state index < -0.39 is 5.97 Å². The molecule has 2 aromatic rings. The van der Waals surface area contributed by atoms with Gasteiger partial charge in [-0.15, -0.1) is 0 Å². The number of nitrogens with one attached hydrogen (secondary N) is 1. The lowest BCUT2D eigenvalue weighted by atomic mass is 10.0. The fourth-order valence-electron chi connectivity index (χ4n) is 2.42. The zero-order valence-corrected chi connectivity index (χ0v) is 13.8. The average molecular weight is 315 g/mol. The van der Waals surface area contributed by atoms with E-state index in [2.05, 4.69) is 17.3 Å². The molecule has 5 nitrogen and oxygen atoms in total. The minimum atomic E-state index is -0.709. The fraction of sp³-hybridized carbons (Fsp3) is 0.444. The minimum Gasteiger partial charge on any atom is -0.481 e. The van der Waals surface area contributed by atoms with Crippen LogP contribution >= 0.6 is 0 Å². The van der Waals surface area contributed by atoms with E-state index in [-0.39, 0.29) is 5.92 Å². The van der Waals surface area contributed by atoms with Crippen LogP contribution in [0.3, 0.4) is 0 Å². The predicted molar refractivity (Wildman–Crippen MR) is 90.5 cm³/mol. The van der Waals surface area contributed by atoms with Crippen molar-refractivity contribution in [3.63, 3.8) is 0 Å². The van der Waals surface area contributed by atoms with Crippen LogP contribution in [-0.4, -0.2) is 26.9 Å². The molecule has 1 aromatic heterocycles. The molecule has 1 heterocycles. The van der Waals surface area contributed by atoms with E-state index in [0.717, 1.165) is 37.1 Å². The third-order valence-electron chi connectivity index (χ3n) is 4.01. The van der Waals surface area contributed by atoms with Gasteiger partial charge in [0.2, 0.25) is 0 Å². The summed E-state index contributed by atoms with van der Waals surface area (Å²) in [7, 11) is 0. The summed E-state index contributed by atoms with van der Waals surface area (Å²) in [5.41, 5.74) is 2.19. The Morgan fingerprint density at radius 1 is 1.26 bits per heavy atom. The molecule has 0 unspecified atom stereocenters. The number of carbonyl (C=O) groups is 1. The topological polar surface area (TPSA) is 67.2 Å². The van der Waals surface area contributed by atoms with Crippen LogP contribution in [-0.2, 0) is 11.3 Å². The van der Waals surface area contributed by atoms with Gasteiger partial charge in [-0.3, -0.25) is 4.79 Å². The molecule has 2 rings (SSSR count). The number of rotatable bonds is 9. The highest BCUT2D eigenvalue weighted by molar-refractivity contribution is 5.69. The second-order valence-electron chi connectivity index (χ2n) is 6.08. The maximum Gasteiger partial charge on any atom is 0.306 e. The van der Waals surface area contributed by atoms with Crippen molar-refractivity contribution in [3.05, 3.63) is 48.3 Å². The maximum absolute atomic E-state index is 10.8. The molecule has 2 atom stereocenters. The van der Waals surface area contributed by atoms with Gasteiger partial charge in [0, 0.05) is 24.3 Å². The number of benzene rings is 1. The summed E-state index contributed by atoms with van der Waals surface area (Å²) in [5.74, 6) is -0.967. The van der Waals surface area contributed by atoms with Crippen LogP contribution in [0.15, 0.2) is 42.7 Å². The van der Waals surface area contributed by atoms with Crippen LogP contribution in [0.2, 0.25) is 0 Å². The Morgan fingerprint density at radius 2 is 2.00 bits per heavy atom. The van der Waals surface area contributed by atoms with Crippen LogP contribution in [0.25, 0.3) is 5.69 Å². The summed E-state index contributed by atoms with van der Waals surface area (Å²) >= 11 is 0. The van der Waals surface area contributed by atoms with Crippen molar-refractivity contribution in [2.75, 3.05) is 0 Å². The normalized spacial score (nSPS) is 13.7. The van der Waals surface area contributed by atoms with Gasteiger partial charge in [0.1, 0.15) is 0 Å². The Bertz CT molecular complexity index is 610. The molecule has 5 heteroatoms. The van der Waals surface area contributed by atoms with Crippen molar-refractivity contribution >= 4 is 5.97 Å². The van der Waals surface area contributed by atoms with E-state index in [1.165, 1.54) is 0 Å². The van der Waals surface area contributed by atoms with Gasteiger partial charge < -0.3 is 10.4 Å². The lowest BCUT2D eigenvalue weighted by Gasteiger charge is -2.13. The molecule has 0 aliphatic carbocycles. The third kappa shape index (κ3) is 5.53. The number of nitrogens with zero attached hydrogens (tertiary/aromatic N) is 2. The molecule has 0 spiro atoms. The van der Waals surface area contributed by atoms with Gasteiger partial charge in [0.15, 0.2) is 0 Å². The fourth-order valence-corrected chi connectivity index (χ4v) is 2.42. The summed E-state index contributed by atoms with van der Waals surface area (Å²) in [4.78, 5) is 10.8. The summed E-state index contributed by atoms with van der Waals surface area (Å²) in [5, 5.41) is 16.7. The van der Waals surface area contributed by atoms with Gasteiger partial charge in [-0.2, -0.15) is 5.10 Å². The van der Waals surface area contributed by atoms with Crippen molar-refractivity contribution < 1.29 is 9.90 Å². The number of aliphatic carboxylic acids is 1. The zero-order chi connectivity index (χ0) is 16.7. The largest absolute Gasteiger partial charge is 0.481 e. The molecular weight excluding hydrogens is 290 g/mol. The zero-order valence-electron chi connectivity index (χ0n) is 13.8. The van der Waals surface area contributed by atoms with Crippen LogP contribution in [0.1, 0.15) is 38.7 Å². The molecule has 124 valence electrons. The Morgan fingerprint density at radius 3 is 2.70 bits per heavy atom. The Labute approximate surface area is 137 Å². The maximum atomic E-state index is 10.8. The van der Waals surface area contributed by atoms with Crippen molar-refractivity contribution in [3.8, 4) is 5.69 Å². The summed E-state index contributed by atoms with van der Waals surface area (Å²) in [6.07, 6.45) is 6.53. The number of carboxylic acids is 1. The first-order valence-corrected chi connectivity index (χ1v) is 8.11. The molecule has 0 radical (unpaired) electrons. The van der Waals surface area contributed by atoms with Crippen molar-refractivity contribution in [1.82, 2.24) is 15.1 Å². The highest BCUT2D eigenvalue weighted by Gasteiger charge is 2.11. The first kappa shape index (κ1) is 17.2. The van der Waals surface area contributed by atoms with Crippen molar-refractivity contribution in [1.29, 1.82) is 0 Å². The monoisotopic (exact) mass is 315 g/mol. The lowest BCUT2D eigenvalue weighted by Crippen LogP contribution is -2.25. The van der Waals surface area contributed by atoms with Crippen LogP contribution in [0, 0.1) is 5.92 Å². The highest BCUT2D eigenvalue weighted by Crippen LogP contribution is 2.11. The molecule has 0 aliphatic rings. The minimum absolute atomic E-state index is 0.258. The summed E-state index contributed by atoms with van der Waals surface area (Å²) in [6.45, 7) is 4.66. The van der Waals surface area contributed by atoms with Crippen molar-refractivity contribution in [2.45, 2.75) is 45.7 Å². The van der Waals surface area contributed by atoms with Crippen LogP contribution in [0.5, 0.6) is 0 Å². The lowest BCUT2D eigenvalue weighted by molar-refractivity contribution is -0.141. The molecule has 0 fully saturated rings. The number of para-hydroxylation sites is 1. The number of carboxylic acid groups (broad SMARTS) is 1. The van der Waals surface area contributed by atoms with Crippen LogP contribution < -0.4 is 5.32 Å². The van der Waals surface area contributed by atoms with E-state index in [1.54, 1.807) is 6.92 Å². The Kier molecular flexibility index (Phi) is 6.35. The van der Waals surface area contributed by atoms with Crippen molar-refractivity contribution in [2.24, 2.45) is 5.92 Å². The first-order valence-electron chi connectivity index (χ1n) is 8.11. The number of aromatic nitrogens is 2. The van der Waals surface area contributed by atoms with E-state index >= 15 is 0 Å². The summed E-state index contributed by atoms with van der Waals surface area (Å²) < 4.78 is 1.87. The van der Waals surface area contributed by atoms with Gasteiger partial charge in [0.25, 0.3) is 0 Å². The average Bonchev–Trinajstić information content (AvgIpc) is 3.02. The van der Waals surface area contributed by atoms with Gasteiger partial charge in [-0.25, -0.2) is 4.68 Å². The molecule has 0 saturated carbocycles.